The second-order valence-corrected chi connectivity index (χ2v) is 5.08. The van der Waals surface area contributed by atoms with Crippen molar-refractivity contribution < 1.29 is 9.47 Å². The number of hydrogen-bond donors (Lipinski definition) is 1. The molecule has 1 aromatic rings. The SMILES string of the molecule is COc1c(N)nsc1N1CCC(OC)CC1C. The van der Waals surface area contributed by atoms with Gasteiger partial charge in [-0.05, 0) is 31.3 Å². The highest BCUT2D eigenvalue weighted by Crippen LogP contribution is 2.40. The summed E-state index contributed by atoms with van der Waals surface area (Å²) >= 11 is 1.40. The molecule has 2 atom stereocenters. The molecular formula is C11H19N3O2S. The van der Waals surface area contributed by atoms with Gasteiger partial charge in [0.2, 0.25) is 0 Å². The van der Waals surface area contributed by atoms with Crippen LogP contribution >= 0.6 is 11.5 Å². The fourth-order valence-corrected chi connectivity index (χ4v) is 3.22. The monoisotopic (exact) mass is 257 g/mol. The third-order valence-electron chi connectivity index (χ3n) is 3.28. The summed E-state index contributed by atoms with van der Waals surface area (Å²) < 4.78 is 14.9. The van der Waals surface area contributed by atoms with Crippen molar-refractivity contribution in [2.24, 2.45) is 0 Å². The van der Waals surface area contributed by atoms with Crippen LogP contribution < -0.4 is 15.4 Å². The van der Waals surface area contributed by atoms with Gasteiger partial charge in [-0.3, -0.25) is 0 Å². The van der Waals surface area contributed by atoms with Crippen LogP contribution in [0.2, 0.25) is 0 Å². The van der Waals surface area contributed by atoms with Gasteiger partial charge in [0.15, 0.2) is 16.6 Å². The van der Waals surface area contributed by atoms with E-state index in [1.807, 2.05) is 0 Å². The van der Waals surface area contributed by atoms with Crippen LogP contribution in [0.1, 0.15) is 19.8 Å². The molecule has 2 rings (SSSR count). The molecular weight excluding hydrogens is 238 g/mol. The molecule has 1 saturated heterocycles. The molecule has 1 aromatic heterocycles. The molecule has 0 aliphatic carbocycles. The van der Waals surface area contributed by atoms with Crippen molar-refractivity contribution in [1.29, 1.82) is 0 Å². The van der Waals surface area contributed by atoms with Crippen LogP contribution in [-0.4, -0.2) is 37.3 Å². The van der Waals surface area contributed by atoms with E-state index in [1.165, 1.54) is 11.5 Å². The Labute approximate surface area is 106 Å². The summed E-state index contributed by atoms with van der Waals surface area (Å²) in [6.07, 6.45) is 2.41. The second kappa shape index (κ2) is 5.10. The molecule has 0 saturated carbocycles. The number of hydrogen-bond acceptors (Lipinski definition) is 6. The highest BCUT2D eigenvalue weighted by Gasteiger charge is 2.29. The Morgan fingerprint density at radius 2 is 2.24 bits per heavy atom. The molecule has 2 heterocycles. The van der Waals surface area contributed by atoms with E-state index >= 15 is 0 Å². The van der Waals surface area contributed by atoms with Crippen molar-refractivity contribution in [2.45, 2.75) is 31.9 Å². The van der Waals surface area contributed by atoms with Crippen molar-refractivity contribution in [1.82, 2.24) is 4.37 Å². The van der Waals surface area contributed by atoms with E-state index in [2.05, 4.69) is 16.2 Å². The molecule has 6 heteroatoms. The van der Waals surface area contributed by atoms with Crippen molar-refractivity contribution in [3.63, 3.8) is 0 Å². The first-order chi connectivity index (χ1) is 8.17. The number of rotatable bonds is 3. The van der Waals surface area contributed by atoms with E-state index in [-0.39, 0.29) is 0 Å². The minimum atomic E-state index is 0.359. The first kappa shape index (κ1) is 12.4. The van der Waals surface area contributed by atoms with Crippen molar-refractivity contribution >= 4 is 22.4 Å². The van der Waals surface area contributed by atoms with E-state index in [1.54, 1.807) is 14.2 Å². The van der Waals surface area contributed by atoms with Crippen molar-refractivity contribution in [2.75, 3.05) is 31.4 Å². The predicted molar refractivity (Wildman–Crippen MR) is 69.9 cm³/mol. The van der Waals surface area contributed by atoms with Gasteiger partial charge in [0.1, 0.15) is 0 Å². The molecule has 1 aliphatic heterocycles. The van der Waals surface area contributed by atoms with E-state index in [0.717, 1.165) is 24.4 Å². The molecule has 0 aromatic carbocycles. The standard InChI is InChI=1S/C11H19N3O2S/c1-7-6-8(15-2)4-5-14(7)11-9(16-3)10(12)13-17-11/h7-8H,4-6H2,1-3H3,(H2,12,13). The number of methoxy groups -OCH3 is 2. The lowest BCUT2D eigenvalue weighted by atomic mass is 10.0. The van der Waals surface area contributed by atoms with E-state index in [4.69, 9.17) is 15.2 Å². The number of anilines is 2. The van der Waals surface area contributed by atoms with Gasteiger partial charge >= 0.3 is 0 Å². The first-order valence-corrected chi connectivity index (χ1v) is 6.53. The summed E-state index contributed by atoms with van der Waals surface area (Å²) in [6, 6.07) is 0.419. The quantitative estimate of drug-likeness (QED) is 0.893. The van der Waals surface area contributed by atoms with Gasteiger partial charge < -0.3 is 20.1 Å². The Hall–Kier alpha value is -1.01. The molecule has 17 heavy (non-hydrogen) atoms. The molecule has 1 fully saturated rings. The summed E-state index contributed by atoms with van der Waals surface area (Å²) in [5.74, 6) is 1.19. The average molecular weight is 257 g/mol. The Kier molecular flexibility index (Phi) is 3.73. The maximum absolute atomic E-state index is 5.78. The van der Waals surface area contributed by atoms with Gasteiger partial charge in [-0.1, -0.05) is 0 Å². The lowest BCUT2D eigenvalue weighted by Gasteiger charge is -2.37. The Morgan fingerprint density at radius 3 is 2.82 bits per heavy atom. The highest BCUT2D eigenvalue weighted by molar-refractivity contribution is 7.11. The third-order valence-corrected chi connectivity index (χ3v) is 4.16. The minimum Gasteiger partial charge on any atom is -0.490 e. The fraction of sp³-hybridized carbons (Fsp3) is 0.727. The molecule has 2 unspecified atom stereocenters. The number of nitrogens with zero attached hydrogens (tertiary/aromatic N) is 2. The third kappa shape index (κ3) is 2.32. The van der Waals surface area contributed by atoms with Crippen LogP contribution in [0.3, 0.4) is 0 Å². The van der Waals surface area contributed by atoms with E-state index in [0.29, 0.717) is 23.7 Å². The predicted octanol–water partition coefficient (Wildman–Crippen LogP) is 1.74. The smallest absolute Gasteiger partial charge is 0.197 e. The Morgan fingerprint density at radius 1 is 1.47 bits per heavy atom. The van der Waals surface area contributed by atoms with E-state index in [9.17, 15) is 0 Å². The van der Waals surface area contributed by atoms with Gasteiger partial charge in [-0.2, -0.15) is 4.37 Å². The number of nitrogen functional groups attached to an aromatic ring is 1. The minimum absolute atomic E-state index is 0.359. The first-order valence-electron chi connectivity index (χ1n) is 5.76. The van der Waals surface area contributed by atoms with Crippen molar-refractivity contribution in [3.05, 3.63) is 0 Å². The summed E-state index contributed by atoms with van der Waals surface area (Å²) in [7, 11) is 3.41. The van der Waals surface area contributed by atoms with Gasteiger partial charge in [-0.15, -0.1) is 0 Å². The maximum Gasteiger partial charge on any atom is 0.197 e. The van der Waals surface area contributed by atoms with Crippen LogP contribution in [0, 0.1) is 0 Å². The fourth-order valence-electron chi connectivity index (χ4n) is 2.30. The van der Waals surface area contributed by atoms with Crippen LogP contribution in [0.25, 0.3) is 0 Å². The molecule has 0 radical (unpaired) electrons. The van der Waals surface area contributed by atoms with Crippen molar-refractivity contribution in [3.8, 4) is 5.75 Å². The summed E-state index contributed by atoms with van der Waals surface area (Å²) in [6.45, 7) is 3.15. The van der Waals surface area contributed by atoms with Crippen LogP contribution in [0.15, 0.2) is 0 Å². The van der Waals surface area contributed by atoms with Gasteiger partial charge in [-0.25, -0.2) is 0 Å². The Balaban J connectivity index is 2.17. The molecule has 96 valence electrons. The number of nitrogens with two attached hydrogens (primary N) is 1. The second-order valence-electron chi connectivity index (χ2n) is 4.33. The number of ether oxygens (including phenoxy) is 2. The number of piperidine rings is 1. The largest absolute Gasteiger partial charge is 0.490 e. The summed E-state index contributed by atoms with van der Waals surface area (Å²) in [5.41, 5.74) is 5.78. The zero-order valence-corrected chi connectivity index (χ0v) is 11.3. The molecule has 0 spiro atoms. The molecule has 2 N–H and O–H groups in total. The van der Waals surface area contributed by atoms with E-state index < -0.39 is 0 Å². The van der Waals surface area contributed by atoms with Crippen LogP contribution in [-0.2, 0) is 4.74 Å². The van der Waals surface area contributed by atoms with Gasteiger partial charge in [0.05, 0.1) is 13.2 Å². The molecule has 1 aliphatic rings. The highest BCUT2D eigenvalue weighted by atomic mass is 32.1. The lowest BCUT2D eigenvalue weighted by molar-refractivity contribution is 0.0721. The molecule has 0 amide bonds. The normalized spacial score (nSPS) is 25.0. The van der Waals surface area contributed by atoms with Crippen LogP contribution in [0.4, 0.5) is 10.8 Å². The van der Waals surface area contributed by atoms with Gasteiger partial charge in [0.25, 0.3) is 0 Å². The zero-order valence-electron chi connectivity index (χ0n) is 10.5. The van der Waals surface area contributed by atoms with Gasteiger partial charge in [0, 0.05) is 19.7 Å². The van der Waals surface area contributed by atoms with Crippen LogP contribution in [0.5, 0.6) is 5.75 Å². The number of aromatic nitrogens is 1. The maximum atomic E-state index is 5.78. The lowest BCUT2D eigenvalue weighted by Crippen LogP contribution is -2.43. The average Bonchev–Trinajstić information content (AvgIpc) is 2.70. The molecule has 5 nitrogen and oxygen atoms in total. The summed E-state index contributed by atoms with van der Waals surface area (Å²) in [4.78, 5) is 2.31. The molecule has 0 bridgehead atoms. The summed E-state index contributed by atoms with van der Waals surface area (Å²) in [5, 5.41) is 1.03. The Bertz CT molecular complexity index is 383. The zero-order chi connectivity index (χ0) is 12.4. The topological polar surface area (TPSA) is 60.6 Å².